The summed E-state index contributed by atoms with van der Waals surface area (Å²) in [6.45, 7) is 2.62. The summed E-state index contributed by atoms with van der Waals surface area (Å²) in [6, 6.07) is 11.6. The van der Waals surface area contributed by atoms with E-state index in [0.717, 1.165) is 29.3 Å². The van der Waals surface area contributed by atoms with Crippen LogP contribution in [0, 0.1) is 0 Å². The maximum absolute atomic E-state index is 13.2. The van der Waals surface area contributed by atoms with Crippen molar-refractivity contribution in [1.82, 2.24) is 9.29 Å². The third-order valence-corrected chi connectivity index (χ3v) is 7.67. The Labute approximate surface area is 152 Å². The van der Waals surface area contributed by atoms with Gasteiger partial charge in [-0.05, 0) is 41.5 Å². The van der Waals surface area contributed by atoms with Crippen molar-refractivity contribution < 1.29 is 8.42 Å². The maximum Gasteiger partial charge on any atom is 0.218 e. The lowest BCUT2D eigenvalue weighted by Crippen LogP contribution is -2.39. The Bertz CT molecular complexity index is 1010. The molecule has 6 heteroatoms. The van der Waals surface area contributed by atoms with Crippen molar-refractivity contribution in [1.29, 1.82) is 0 Å². The van der Waals surface area contributed by atoms with Crippen LogP contribution in [0.25, 0.3) is 10.9 Å². The molecule has 4 rings (SSSR count). The molecule has 1 aliphatic rings. The molecule has 2 aromatic heterocycles. The second-order valence-corrected chi connectivity index (χ2v) is 9.25. The van der Waals surface area contributed by atoms with Gasteiger partial charge in [0.25, 0.3) is 0 Å². The summed E-state index contributed by atoms with van der Waals surface area (Å²) in [7, 11) is -3.41. The zero-order valence-electron chi connectivity index (χ0n) is 14.1. The highest BCUT2D eigenvalue weighted by Gasteiger charge is 2.35. The monoisotopic (exact) mass is 372 g/mol. The molecule has 0 saturated heterocycles. The number of pyridine rings is 1. The number of para-hydroxylation sites is 1. The van der Waals surface area contributed by atoms with Gasteiger partial charge in [-0.1, -0.05) is 31.2 Å². The van der Waals surface area contributed by atoms with Crippen LogP contribution in [0.3, 0.4) is 0 Å². The molecule has 1 unspecified atom stereocenters. The zero-order valence-corrected chi connectivity index (χ0v) is 15.7. The van der Waals surface area contributed by atoms with Gasteiger partial charge < -0.3 is 0 Å². The fourth-order valence-corrected chi connectivity index (χ4v) is 6.43. The van der Waals surface area contributed by atoms with Crippen molar-refractivity contribution in [3.63, 3.8) is 0 Å². The Balaban J connectivity index is 1.70. The molecule has 0 spiro atoms. The molecule has 130 valence electrons. The smallest absolute Gasteiger partial charge is 0.218 e. The van der Waals surface area contributed by atoms with Gasteiger partial charge in [0.2, 0.25) is 10.0 Å². The Morgan fingerprint density at radius 3 is 2.92 bits per heavy atom. The van der Waals surface area contributed by atoms with Gasteiger partial charge in [-0.2, -0.15) is 4.31 Å². The summed E-state index contributed by atoms with van der Waals surface area (Å²) in [5.41, 5.74) is 2.72. The van der Waals surface area contributed by atoms with E-state index in [2.05, 4.69) is 23.4 Å². The van der Waals surface area contributed by atoms with Crippen molar-refractivity contribution in [3.05, 3.63) is 64.0 Å². The summed E-state index contributed by atoms with van der Waals surface area (Å²) in [5, 5.41) is 3.04. The van der Waals surface area contributed by atoms with Gasteiger partial charge in [0.05, 0.1) is 17.3 Å². The molecule has 0 saturated carbocycles. The Morgan fingerprint density at radius 1 is 1.24 bits per heavy atom. The van der Waals surface area contributed by atoms with Gasteiger partial charge in [0.1, 0.15) is 0 Å². The van der Waals surface area contributed by atoms with E-state index in [0.29, 0.717) is 6.54 Å². The summed E-state index contributed by atoms with van der Waals surface area (Å²) >= 11 is 1.73. The van der Waals surface area contributed by atoms with Crippen LogP contribution >= 0.6 is 11.3 Å². The topological polar surface area (TPSA) is 50.3 Å². The number of hydrogen-bond donors (Lipinski definition) is 0. The van der Waals surface area contributed by atoms with Gasteiger partial charge in [-0.25, -0.2) is 8.42 Å². The van der Waals surface area contributed by atoms with Gasteiger partial charge in [0, 0.05) is 23.0 Å². The number of fused-ring (bicyclic) bond motifs is 2. The van der Waals surface area contributed by atoms with Crippen molar-refractivity contribution in [2.24, 2.45) is 0 Å². The summed E-state index contributed by atoms with van der Waals surface area (Å²) < 4.78 is 28.1. The molecule has 0 bridgehead atoms. The van der Waals surface area contributed by atoms with Gasteiger partial charge >= 0.3 is 0 Å². The van der Waals surface area contributed by atoms with E-state index < -0.39 is 10.0 Å². The number of nitrogens with zero attached hydrogens (tertiary/aromatic N) is 2. The van der Waals surface area contributed by atoms with Gasteiger partial charge in [0.15, 0.2) is 0 Å². The molecule has 4 nitrogen and oxygen atoms in total. The molecule has 3 heterocycles. The largest absolute Gasteiger partial charge is 0.256 e. The molecule has 0 N–H and O–H groups in total. The first-order valence-electron chi connectivity index (χ1n) is 8.48. The van der Waals surface area contributed by atoms with Crippen LogP contribution < -0.4 is 0 Å². The quantitative estimate of drug-likeness (QED) is 0.692. The van der Waals surface area contributed by atoms with E-state index >= 15 is 0 Å². The average Bonchev–Trinajstić information content (AvgIpc) is 3.09. The second kappa shape index (κ2) is 6.52. The number of sulfonamides is 1. The van der Waals surface area contributed by atoms with Gasteiger partial charge in [-0.3, -0.25) is 4.98 Å². The van der Waals surface area contributed by atoms with E-state index in [9.17, 15) is 8.42 Å². The molecule has 25 heavy (non-hydrogen) atoms. The standard InChI is InChI=1S/C19H20N2O2S2/c1-2-17-16-9-12-24-18(16)8-11-21(17)25(22,23)13-15-6-3-5-14-7-4-10-20-19(14)15/h3-7,9-10,12,17H,2,8,11,13H2,1H3. The highest BCUT2D eigenvalue weighted by molar-refractivity contribution is 7.88. The third-order valence-electron chi connectivity index (χ3n) is 4.84. The predicted octanol–water partition coefficient (Wildman–Crippen LogP) is 4.14. The summed E-state index contributed by atoms with van der Waals surface area (Å²) in [5.74, 6) is -0.00265. The van der Waals surface area contributed by atoms with Crippen LogP contribution in [0.4, 0.5) is 0 Å². The zero-order chi connectivity index (χ0) is 17.4. The van der Waals surface area contributed by atoms with Crippen LogP contribution in [-0.2, 0) is 22.2 Å². The Morgan fingerprint density at radius 2 is 2.08 bits per heavy atom. The molecular weight excluding hydrogens is 352 g/mol. The molecule has 0 radical (unpaired) electrons. The minimum Gasteiger partial charge on any atom is -0.256 e. The fraction of sp³-hybridized carbons (Fsp3) is 0.316. The maximum atomic E-state index is 13.2. The average molecular weight is 373 g/mol. The van der Waals surface area contributed by atoms with Crippen molar-refractivity contribution >= 4 is 32.3 Å². The molecule has 1 aliphatic heterocycles. The lowest BCUT2D eigenvalue weighted by Gasteiger charge is -2.34. The summed E-state index contributed by atoms with van der Waals surface area (Å²) in [6.07, 6.45) is 3.30. The molecular formula is C19H20N2O2S2. The van der Waals surface area contributed by atoms with E-state index in [4.69, 9.17) is 0 Å². The minimum absolute atomic E-state index is 0.00265. The SMILES string of the molecule is CCC1c2ccsc2CCN1S(=O)(=O)Cc1cccc2cccnc12. The molecule has 3 aromatic rings. The van der Waals surface area contributed by atoms with Crippen molar-refractivity contribution in [2.75, 3.05) is 6.54 Å². The number of benzene rings is 1. The highest BCUT2D eigenvalue weighted by Crippen LogP contribution is 2.37. The van der Waals surface area contributed by atoms with E-state index in [1.807, 2.05) is 30.3 Å². The molecule has 1 aromatic carbocycles. The fourth-order valence-electron chi connectivity index (χ4n) is 3.69. The van der Waals surface area contributed by atoms with Crippen LogP contribution in [0.5, 0.6) is 0 Å². The first-order chi connectivity index (χ1) is 12.1. The Kier molecular flexibility index (Phi) is 4.35. The minimum atomic E-state index is -3.41. The first kappa shape index (κ1) is 16.7. The Hall–Kier alpha value is -1.76. The number of aromatic nitrogens is 1. The number of thiophene rings is 1. The molecule has 0 fully saturated rings. The molecule has 0 aliphatic carbocycles. The normalized spacial score (nSPS) is 18.4. The van der Waals surface area contributed by atoms with Crippen LogP contribution in [0.1, 0.15) is 35.4 Å². The van der Waals surface area contributed by atoms with Crippen LogP contribution in [0.15, 0.2) is 48.0 Å². The lowest BCUT2D eigenvalue weighted by molar-refractivity contribution is 0.303. The number of rotatable bonds is 4. The highest BCUT2D eigenvalue weighted by atomic mass is 32.2. The number of hydrogen-bond acceptors (Lipinski definition) is 4. The lowest BCUT2D eigenvalue weighted by atomic mass is 10.0. The van der Waals surface area contributed by atoms with Crippen LogP contribution in [-0.4, -0.2) is 24.3 Å². The van der Waals surface area contributed by atoms with E-state index in [1.165, 1.54) is 10.4 Å². The molecule has 0 amide bonds. The predicted molar refractivity (Wildman–Crippen MR) is 102 cm³/mol. The third kappa shape index (κ3) is 2.99. The van der Waals surface area contributed by atoms with Crippen molar-refractivity contribution in [2.45, 2.75) is 31.6 Å². The van der Waals surface area contributed by atoms with E-state index in [-0.39, 0.29) is 11.8 Å². The summed E-state index contributed by atoms with van der Waals surface area (Å²) in [4.78, 5) is 5.72. The second-order valence-electron chi connectivity index (χ2n) is 6.33. The molecule has 1 atom stereocenters. The first-order valence-corrected chi connectivity index (χ1v) is 11.0. The van der Waals surface area contributed by atoms with Gasteiger partial charge in [-0.15, -0.1) is 11.3 Å². The van der Waals surface area contributed by atoms with E-state index in [1.54, 1.807) is 21.8 Å². The van der Waals surface area contributed by atoms with Crippen molar-refractivity contribution in [3.8, 4) is 0 Å². The van der Waals surface area contributed by atoms with Crippen LogP contribution in [0.2, 0.25) is 0 Å².